The van der Waals surface area contributed by atoms with E-state index in [2.05, 4.69) is 24.0 Å². The van der Waals surface area contributed by atoms with E-state index in [1.807, 2.05) is 52.3 Å². The lowest BCUT2D eigenvalue weighted by atomic mass is 9.74. The largest absolute Gasteiger partial charge is 0.396 e. The lowest BCUT2D eigenvalue weighted by Crippen LogP contribution is -2.54. The molecule has 0 aliphatic carbocycles. The second kappa shape index (κ2) is 11.6. The summed E-state index contributed by atoms with van der Waals surface area (Å²) >= 11 is 1.61. The van der Waals surface area contributed by atoms with Gasteiger partial charge in [-0.25, -0.2) is 0 Å². The number of hydrogen-bond donors (Lipinski definition) is 1. The van der Waals surface area contributed by atoms with Crippen LogP contribution >= 0.6 is 11.8 Å². The molecule has 41 heavy (non-hydrogen) atoms. The van der Waals surface area contributed by atoms with Gasteiger partial charge in [-0.2, -0.15) is 0 Å². The summed E-state index contributed by atoms with van der Waals surface area (Å²) in [5, 5.41) is 9.66. The highest BCUT2D eigenvalue weighted by Gasteiger charge is 2.73. The van der Waals surface area contributed by atoms with Crippen LogP contribution in [0.4, 0.5) is 0 Å². The number of hydrogen-bond acceptors (Lipinski definition) is 7. The van der Waals surface area contributed by atoms with Gasteiger partial charge in [0.15, 0.2) is 0 Å². The molecule has 3 amide bonds. The summed E-state index contributed by atoms with van der Waals surface area (Å²) in [5.41, 5.74) is 1.04. The average Bonchev–Trinajstić information content (AvgIpc) is 3.25. The SMILES string of the molecule is C[C@]12C=CCN(Cc3ccccc3)C(=O)[C@H]1[C@H]1C(=O)N(CCCO)C3C(=O)N(CCN4CCOCC4)CC=C[C@@]31S2. The Morgan fingerprint density at radius 3 is 2.39 bits per heavy atom. The molecular formula is C31H40N4O5S. The molecule has 0 saturated carbocycles. The lowest BCUT2D eigenvalue weighted by Gasteiger charge is -2.37. The molecule has 0 radical (unpaired) electrons. The van der Waals surface area contributed by atoms with E-state index < -0.39 is 27.4 Å². The van der Waals surface area contributed by atoms with Crippen molar-refractivity contribution in [2.45, 2.75) is 35.4 Å². The molecule has 10 heteroatoms. The molecule has 5 aliphatic heterocycles. The van der Waals surface area contributed by atoms with Crippen LogP contribution in [0, 0.1) is 11.8 Å². The van der Waals surface area contributed by atoms with Crippen molar-refractivity contribution in [3.8, 4) is 0 Å². The second-order valence-electron chi connectivity index (χ2n) is 11.9. The maximum atomic E-state index is 14.4. The first-order chi connectivity index (χ1) is 19.9. The van der Waals surface area contributed by atoms with E-state index in [1.165, 1.54) is 0 Å². The maximum absolute atomic E-state index is 14.4. The number of benzene rings is 1. The molecule has 0 bridgehead atoms. The van der Waals surface area contributed by atoms with Crippen molar-refractivity contribution < 1.29 is 24.2 Å². The van der Waals surface area contributed by atoms with Crippen molar-refractivity contribution in [3.05, 3.63) is 60.2 Å². The van der Waals surface area contributed by atoms with Gasteiger partial charge >= 0.3 is 0 Å². The number of ether oxygens (including phenoxy) is 1. The summed E-state index contributed by atoms with van der Waals surface area (Å²) in [6.07, 6.45) is 8.63. The summed E-state index contributed by atoms with van der Waals surface area (Å²) in [5.74, 6) is -1.51. The fourth-order valence-electron chi connectivity index (χ4n) is 7.33. The third kappa shape index (κ3) is 5.02. The van der Waals surface area contributed by atoms with Gasteiger partial charge in [0.2, 0.25) is 17.7 Å². The molecule has 5 heterocycles. The molecule has 6 rings (SSSR count). The molecule has 3 fully saturated rings. The van der Waals surface area contributed by atoms with Crippen LogP contribution in [0.1, 0.15) is 18.9 Å². The molecule has 1 N–H and O–H groups in total. The van der Waals surface area contributed by atoms with Crippen LogP contribution in [0.5, 0.6) is 0 Å². The Labute approximate surface area is 246 Å². The zero-order valence-corrected chi connectivity index (χ0v) is 24.5. The summed E-state index contributed by atoms with van der Waals surface area (Å²) in [7, 11) is 0. The van der Waals surface area contributed by atoms with Crippen LogP contribution in [0.25, 0.3) is 0 Å². The molecule has 220 valence electrons. The van der Waals surface area contributed by atoms with E-state index in [-0.39, 0.29) is 30.9 Å². The third-order valence-electron chi connectivity index (χ3n) is 9.29. The van der Waals surface area contributed by atoms with Gasteiger partial charge in [-0.3, -0.25) is 19.3 Å². The number of thioether (sulfide) groups is 1. The average molecular weight is 581 g/mol. The molecule has 1 spiro atoms. The molecular weight excluding hydrogens is 540 g/mol. The second-order valence-corrected chi connectivity index (χ2v) is 13.6. The number of carbonyl (C=O) groups excluding carboxylic acids is 3. The fourth-order valence-corrected chi connectivity index (χ4v) is 9.49. The number of carbonyl (C=O) groups is 3. The van der Waals surface area contributed by atoms with Crippen molar-refractivity contribution in [1.29, 1.82) is 0 Å². The number of fused-ring (bicyclic) bond motifs is 2. The molecule has 1 aromatic rings. The van der Waals surface area contributed by atoms with Crippen LogP contribution in [-0.4, -0.2) is 124 Å². The van der Waals surface area contributed by atoms with Gasteiger partial charge in [-0.1, -0.05) is 54.6 Å². The van der Waals surface area contributed by atoms with E-state index >= 15 is 0 Å². The van der Waals surface area contributed by atoms with E-state index in [9.17, 15) is 19.5 Å². The molecule has 3 saturated heterocycles. The van der Waals surface area contributed by atoms with Gasteiger partial charge < -0.3 is 24.5 Å². The number of morpholine rings is 1. The van der Waals surface area contributed by atoms with Crippen molar-refractivity contribution in [2.24, 2.45) is 11.8 Å². The van der Waals surface area contributed by atoms with Gasteiger partial charge in [0.1, 0.15) is 6.04 Å². The summed E-state index contributed by atoms with van der Waals surface area (Å²) in [6.45, 7) is 8.10. The zero-order valence-electron chi connectivity index (χ0n) is 23.7. The minimum atomic E-state index is -0.855. The van der Waals surface area contributed by atoms with Crippen LogP contribution in [-0.2, 0) is 25.7 Å². The first kappa shape index (κ1) is 28.5. The van der Waals surface area contributed by atoms with Crippen LogP contribution in [0.3, 0.4) is 0 Å². The highest BCUT2D eigenvalue weighted by Crippen LogP contribution is 2.65. The number of aliphatic hydroxyl groups excluding tert-OH is 1. The Kier molecular flexibility index (Phi) is 8.02. The van der Waals surface area contributed by atoms with Gasteiger partial charge in [0, 0.05) is 63.7 Å². The van der Waals surface area contributed by atoms with Gasteiger partial charge in [-0.05, 0) is 18.9 Å². The number of aliphatic hydroxyl groups is 1. The quantitative estimate of drug-likeness (QED) is 0.465. The third-order valence-corrected chi connectivity index (χ3v) is 11.1. The van der Waals surface area contributed by atoms with Gasteiger partial charge in [0.25, 0.3) is 0 Å². The van der Waals surface area contributed by atoms with E-state index in [4.69, 9.17) is 4.74 Å². The minimum Gasteiger partial charge on any atom is -0.396 e. The highest BCUT2D eigenvalue weighted by molar-refractivity contribution is 8.02. The molecule has 9 nitrogen and oxygen atoms in total. The summed E-state index contributed by atoms with van der Waals surface area (Å²) in [4.78, 5) is 50.8. The smallest absolute Gasteiger partial charge is 0.247 e. The van der Waals surface area contributed by atoms with Crippen LogP contribution in [0.2, 0.25) is 0 Å². The van der Waals surface area contributed by atoms with E-state index in [1.54, 1.807) is 16.7 Å². The number of likely N-dealkylation sites (tertiary alicyclic amines) is 1. The number of nitrogens with zero attached hydrogens (tertiary/aromatic N) is 4. The normalized spacial score (nSPS) is 33.6. The number of amides is 3. The maximum Gasteiger partial charge on any atom is 0.247 e. The number of rotatable bonds is 8. The minimum absolute atomic E-state index is 0.0406. The molecule has 1 aromatic carbocycles. The van der Waals surface area contributed by atoms with Crippen molar-refractivity contribution in [1.82, 2.24) is 19.6 Å². The molecule has 5 aliphatic rings. The highest BCUT2D eigenvalue weighted by atomic mass is 32.2. The lowest BCUT2D eigenvalue weighted by molar-refractivity contribution is -0.145. The summed E-state index contributed by atoms with van der Waals surface area (Å²) < 4.78 is 3.99. The molecule has 0 aromatic heterocycles. The zero-order chi connectivity index (χ0) is 28.6. The van der Waals surface area contributed by atoms with Crippen molar-refractivity contribution >= 4 is 29.5 Å². The first-order valence-electron chi connectivity index (χ1n) is 14.8. The fraction of sp³-hybridized carbons (Fsp3) is 0.581. The predicted octanol–water partition coefficient (Wildman–Crippen LogP) is 1.39. The van der Waals surface area contributed by atoms with Gasteiger partial charge in [0.05, 0.1) is 29.8 Å². The molecule has 5 atom stereocenters. The Morgan fingerprint density at radius 2 is 1.63 bits per heavy atom. The predicted molar refractivity (Wildman–Crippen MR) is 157 cm³/mol. The molecule has 1 unspecified atom stereocenters. The monoisotopic (exact) mass is 580 g/mol. The first-order valence-corrected chi connectivity index (χ1v) is 15.6. The topological polar surface area (TPSA) is 93.6 Å². The van der Waals surface area contributed by atoms with Crippen molar-refractivity contribution in [3.63, 3.8) is 0 Å². The van der Waals surface area contributed by atoms with Crippen molar-refractivity contribution in [2.75, 3.05) is 65.6 Å². The standard InChI is InChI=1S/C31H40N4O5S/c1-30-10-5-13-34(22-23-8-3-2-4-9-23)27(37)24(30)25-28(38)35(14-7-19-36)26-29(39)33(12-6-11-31(25,26)41-30)16-15-32-17-20-40-21-18-32/h2-6,8-11,24-26,36H,7,12-22H2,1H3/t24-,25+,26?,30+,31+/m1/s1. The Bertz CT molecular complexity index is 1220. The Hall–Kier alpha value is -2.66. The van der Waals surface area contributed by atoms with E-state index in [0.29, 0.717) is 45.8 Å². The Balaban J connectivity index is 1.33. The van der Waals surface area contributed by atoms with Gasteiger partial charge in [-0.15, -0.1) is 11.8 Å². The Morgan fingerprint density at radius 1 is 0.902 bits per heavy atom. The van der Waals surface area contributed by atoms with Crippen LogP contribution < -0.4 is 0 Å². The summed E-state index contributed by atoms with van der Waals surface area (Å²) in [6, 6.07) is 9.20. The van der Waals surface area contributed by atoms with Crippen LogP contribution in [0.15, 0.2) is 54.6 Å². The van der Waals surface area contributed by atoms with E-state index in [0.717, 1.165) is 25.2 Å².